The summed E-state index contributed by atoms with van der Waals surface area (Å²) in [4.78, 5) is 2.97. The molecule has 2 rings (SSSR count). The highest BCUT2D eigenvalue weighted by molar-refractivity contribution is 9.09. The van der Waals surface area contributed by atoms with E-state index in [0.29, 0.717) is 0 Å². The second-order valence-electron chi connectivity index (χ2n) is 6.55. The predicted octanol–water partition coefficient (Wildman–Crippen LogP) is 6.32. The molecular weight excluding hydrogens is 344 g/mol. The van der Waals surface area contributed by atoms with Crippen LogP contribution in [0.25, 0.3) is 0 Å². The van der Waals surface area contributed by atoms with Crippen LogP contribution in [0, 0.1) is 0 Å². The Morgan fingerprint density at radius 3 is 2.38 bits per heavy atom. The number of ether oxygens (including phenoxy) is 1. The van der Waals surface area contributed by atoms with Gasteiger partial charge >= 0.3 is 0 Å². The first kappa shape index (κ1) is 16.6. The van der Waals surface area contributed by atoms with Gasteiger partial charge in [0.25, 0.3) is 0 Å². The monoisotopic (exact) mass is 366 g/mol. The normalized spacial score (nSPS) is 13.5. The largest absolute Gasteiger partial charge is 0.491 e. The second kappa shape index (κ2) is 6.53. The molecule has 0 saturated heterocycles. The van der Waals surface area contributed by atoms with Gasteiger partial charge in [0.05, 0.1) is 10.9 Å². The van der Waals surface area contributed by atoms with Crippen LogP contribution >= 0.6 is 27.3 Å². The molecule has 114 valence electrons. The van der Waals surface area contributed by atoms with Gasteiger partial charge in [-0.05, 0) is 49.1 Å². The molecule has 3 heteroatoms. The summed E-state index contributed by atoms with van der Waals surface area (Å²) < 4.78 is 5.78. The zero-order valence-corrected chi connectivity index (χ0v) is 15.7. The predicted molar refractivity (Wildman–Crippen MR) is 96.0 cm³/mol. The first-order valence-electron chi connectivity index (χ1n) is 7.28. The lowest BCUT2D eigenvalue weighted by molar-refractivity contribution is 0.242. The number of benzene rings is 1. The van der Waals surface area contributed by atoms with E-state index in [0.717, 1.165) is 5.75 Å². The smallest absolute Gasteiger partial charge is 0.120 e. The summed E-state index contributed by atoms with van der Waals surface area (Å²) in [7, 11) is 0. The highest BCUT2D eigenvalue weighted by Gasteiger charge is 2.19. The van der Waals surface area contributed by atoms with Crippen molar-refractivity contribution >= 4 is 27.3 Å². The second-order valence-corrected chi connectivity index (χ2v) is 8.58. The van der Waals surface area contributed by atoms with Gasteiger partial charge in [-0.25, -0.2) is 0 Å². The fourth-order valence-corrected chi connectivity index (χ4v) is 3.86. The Labute approximate surface area is 140 Å². The number of hydrogen-bond acceptors (Lipinski definition) is 2. The minimum Gasteiger partial charge on any atom is -0.491 e. The number of thiophene rings is 1. The van der Waals surface area contributed by atoms with Gasteiger partial charge in [-0.1, -0.05) is 48.8 Å². The molecule has 0 aliphatic carbocycles. The quantitative estimate of drug-likeness (QED) is 0.575. The summed E-state index contributed by atoms with van der Waals surface area (Å²) in [5, 5.41) is 0. The molecular formula is C18H23BrOS. The van der Waals surface area contributed by atoms with E-state index in [4.69, 9.17) is 4.74 Å². The Kier molecular flexibility index (Phi) is 5.15. The number of halogens is 1. The van der Waals surface area contributed by atoms with Crippen molar-refractivity contribution in [1.29, 1.82) is 0 Å². The maximum atomic E-state index is 5.78. The Hall–Kier alpha value is -0.800. The van der Waals surface area contributed by atoms with Crippen molar-refractivity contribution in [2.75, 3.05) is 0 Å². The third kappa shape index (κ3) is 4.33. The molecule has 0 amide bonds. The van der Waals surface area contributed by atoms with E-state index >= 15 is 0 Å². The van der Waals surface area contributed by atoms with Crippen molar-refractivity contribution in [3.05, 3.63) is 51.7 Å². The Bertz CT molecular complexity index is 595. The van der Waals surface area contributed by atoms with Crippen LogP contribution in [-0.2, 0) is 5.41 Å². The van der Waals surface area contributed by atoms with Gasteiger partial charge < -0.3 is 4.74 Å². The van der Waals surface area contributed by atoms with Crippen molar-refractivity contribution in [3.63, 3.8) is 0 Å². The topological polar surface area (TPSA) is 9.23 Å². The fraction of sp³-hybridized carbons (Fsp3) is 0.444. The summed E-state index contributed by atoms with van der Waals surface area (Å²) >= 11 is 5.70. The van der Waals surface area contributed by atoms with Gasteiger partial charge in [-0.15, -0.1) is 11.3 Å². The molecule has 0 aliphatic heterocycles. The van der Waals surface area contributed by atoms with E-state index in [-0.39, 0.29) is 16.3 Å². The summed E-state index contributed by atoms with van der Waals surface area (Å²) in [6.45, 7) is 10.9. The molecule has 1 heterocycles. The lowest BCUT2D eigenvalue weighted by atomic mass is 9.95. The SMILES string of the molecule is CC(C)Oc1cccc(C(Br)c2ccc(C(C)(C)C)s2)c1. The van der Waals surface area contributed by atoms with Crippen molar-refractivity contribution in [2.45, 2.75) is 51.0 Å². The zero-order chi connectivity index (χ0) is 15.6. The molecule has 1 aromatic heterocycles. The maximum absolute atomic E-state index is 5.78. The summed E-state index contributed by atoms with van der Waals surface area (Å²) in [6.07, 6.45) is 0.197. The highest BCUT2D eigenvalue weighted by Crippen LogP contribution is 2.39. The van der Waals surface area contributed by atoms with E-state index in [2.05, 4.69) is 67.0 Å². The van der Waals surface area contributed by atoms with Crippen LogP contribution in [0.1, 0.15) is 54.8 Å². The van der Waals surface area contributed by atoms with Gasteiger partial charge in [0.1, 0.15) is 5.75 Å². The lowest BCUT2D eigenvalue weighted by Gasteiger charge is -2.16. The average Bonchev–Trinajstić information content (AvgIpc) is 2.86. The van der Waals surface area contributed by atoms with Gasteiger partial charge in [-0.2, -0.15) is 0 Å². The van der Waals surface area contributed by atoms with E-state index in [1.165, 1.54) is 15.3 Å². The molecule has 1 atom stereocenters. The summed E-state index contributed by atoms with van der Waals surface area (Å²) in [5.74, 6) is 0.930. The van der Waals surface area contributed by atoms with E-state index < -0.39 is 0 Å². The van der Waals surface area contributed by atoms with Gasteiger partial charge in [0.2, 0.25) is 0 Å². The van der Waals surface area contributed by atoms with Gasteiger partial charge in [0.15, 0.2) is 0 Å². The van der Waals surface area contributed by atoms with Gasteiger partial charge in [-0.3, -0.25) is 0 Å². The minimum absolute atomic E-state index is 0.197. The van der Waals surface area contributed by atoms with Crippen molar-refractivity contribution < 1.29 is 4.74 Å². The Morgan fingerprint density at radius 2 is 1.81 bits per heavy atom. The standard InChI is InChI=1S/C18H23BrOS/c1-12(2)20-14-8-6-7-13(11-14)17(19)15-9-10-16(21-15)18(3,4)5/h6-12,17H,1-5H3. The van der Waals surface area contributed by atoms with E-state index in [9.17, 15) is 0 Å². The molecule has 0 saturated carbocycles. The highest BCUT2D eigenvalue weighted by atomic mass is 79.9. The first-order chi connectivity index (χ1) is 9.77. The van der Waals surface area contributed by atoms with Crippen LogP contribution in [0.5, 0.6) is 5.75 Å². The van der Waals surface area contributed by atoms with Crippen molar-refractivity contribution in [2.24, 2.45) is 0 Å². The lowest BCUT2D eigenvalue weighted by Crippen LogP contribution is -2.07. The fourth-order valence-electron chi connectivity index (χ4n) is 2.07. The van der Waals surface area contributed by atoms with Crippen LogP contribution in [0.4, 0.5) is 0 Å². The third-order valence-corrected chi connectivity index (χ3v) is 6.04. The summed E-state index contributed by atoms with van der Waals surface area (Å²) in [5.41, 5.74) is 1.44. The molecule has 0 fully saturated rings. The molecule has 1 aromatic carbocycles. The number of hydrogen-bond donors (Lipinski definition) is 0. The van der Waals surface area contributed by atoms with Crippen LogP contribution in [0.2, 0.25) is 0 Å². The van der Waals surface area contributed by atoms with Crippen LogP contribution < -0.4 is 4.74 Å². The molecule has 2 aromatic rings. The maximum Gasteiger partial charge on any atom is 0.120 e. The molecule has 1 nitrogen and oxygen atoms in total. The van der Waals surface area contributed by atoms with Crippen molar-refractivity contribution in [3.8, 4) is 5.75 Å². The van der Waals surface area contributed by atoms with E-state index in [1.54, 1.807) is 0 Å². The van der Waals surface area contributed by atoms with Crippen LogP contribution in [0.15, 0.2) is 36.4 Å². The molecule has 0 spiro atoms. The molecule has 0 bridgehead atoms. The zero-order valence-electron chi connectivity index (χ0n) is 13.3. The molecule has 0 aliphatic rings. The average molecular weight is 367 g/mol. The van der Waals surface area contributed by atoms with Crippen LogP contribution in [0.3, 0.4) is 0 Å². The van der Waals surface area contributed by atoms with E-state index in [1.807, 2.05) is 31.3 Å². The molecule has 1 unspecified atom stereocenters. The molecule has 0 N–H and O–H groups in total. The van der Waals surface area contributed by atoms with Gasteiger partial charge in [0, 0.05) is 9.75 Å². The molecule has 0 radical (unpaired) electrons. The first-order valence-corrected chi connectivity index (χ1v) is 9.01. The Morgan fingerprint density at radius 1 is 1.10 bits per heavy atom. The van der Waals surface area contributed by atoms with Crippen LogP contribution in [-0.4, -0.2) is 6.10 Å². The molecule has 21 heavy (non-hydrogen) atoms. The number of alkyl halides is 1. The Balaban J connectivity index is 2.23. The third-order valence-electron chi connectivity index (χ3n) is 3.14. The summed E-state index contributed by atoms with van der Waals surface area (Å²) in [6, 6.07) is 12.8. The van der Waals surface area contributed by atoms with Crippen molar-refractivity contribution in [1.82, 2.24) is 0 Å². The number of rotatable bonds is 4. The minimum atomic E-state index is 0.197.